The third-order valence-electron chi connectivity index (χ3n) is 6.67. The summed E-state index contributed by atoms with van der Waals surface area (Å²) in [6.45, 7) is 11.3. The predicted molar refractivity (Wildman–Crippen MR) is 108 cm³/mol. The van der Waals surface area contributed by atoms with Gasteiger partial charge in [0.1, 0.15) is 12.6 Å². The van der Waals surface area contributed by atoms with E-state index in [4.69, 9.17) is 9.47 Å². The van der Waals surface area contributed by atoms with E-state index in [0.717, 1.165) is 19.6 Å². The maximum Gasteiger partial charge on any atom is 0.161 e. The average Bonchev–Trinajstić information content (AvgIpc) is 3.02. The lowest BCUT2D eigenvalue weighted by atomic mass is 9.79. The Morgan fingerprint density at radius 2 is 2.00 bits per heavy atom. The van der Waals surface area contributed by atoms with Crippen molar-refractivity contribution >= 4 is 0 Å². The molecule has 2 fully saturated rings. The molecule has 0 saturated carbocycles. The summed E-state index contributed by atoms with van der Waals surface area (Å²) < 4.78 is 13.7. The number of hydrogen-bond donors (Lipinski definition) is 0. The van der Waals surface area contributed by atoms with Crippen molar-refractivity contribution in [3.05, 3.63) is 23.3 Å². The molecule has 3 heteroatoms. The van der Waals surface area contributed by atoms with Gasteiger partial charge in [0.2, 0.25) is 0 Å². The van der Waals surface area contributed by atoms with Crippen LogP contribution in [0.4, 0.5) is 0 Å². The number of allylic oxidation sites excluding steroid dienone is 4. The Morgan fingerprint density at radius 3 is 2.69 bits per heavy atom. The molecule has 2 heterocycles. The first kappa shape index (κ1) is 20.1. The van der Waals surface area contributed by atoms with E-state index in [1.54, 1.807) is 5.57 Å². The molecule has 1 aliphatic carbocycles. The van der Waals surface area contributed by atoms with Crippen molar-refractivity contribution in [2.45, 2.75) is 78.1 Å². The topological polar surface area (TPSA) is 18.5 Å². The molecule has 0 aromatic heterocycles. The minimum atomic E-state index is 0.0157. The molecular formula is C23H40NO2+. The second-order valence-electron chi connectivity index (χ2n) is 9.53. The van der Waals surface area contributed by atoms with Crippen LogP contribution in [0.15, 0.2) is 23.3 Å². The van der Waals surface area contributed by atoms with Gasteiger partial charge in [-0.1, -0.05) is 30.2 Å². The molecule has 4 atom stereocenters. The van der Waals surface area contributed by atoms with E-state index in [-0.39, 0.29) is 6.29 Å². The van der Waals surface area contributed by atoms with Gasteiger partial charge in [-0.25, -0.2) is 0 Å². The van der Waals surface area contributed by atoms with E-state index in [2.05, 4.69) is 40.0 Å². The molecule has 3 nitrogen and oxygen atoms in total. The number of rotatable bonds is 6. The summed E-state index contributed by atoms with van der Waals surface area (Å²) in [5.74, 6) is 1.18. The molecule has 0 unspecified atom stereocenters. The number of likely N-dealkylation sites (N-methyl/N-ethyl adjacent to an activating group) is 1. The molecule has 0 spiro atoms. The van der Waals surface area contributed by atoms with Crippen LogP contribution in [-0.4, -0.2) is 50.2 Å². The van der Waals surface area contributed by atoms with Crippen LogP contribution in [0.2, 0.25) is 0 Å². The van der Waals surface area contributed by atoms with Gasteiger partial charge in [-0.2, -0.15) is 0 Å². The second kappa shape index (κ2) is 9.03. The first-order valence-corrected chi connectivity index (χ1v) is 10.9. The largest absolute Gasteiger partial charge is 0.349 e. The molecule has 0 bridgehead atoms. The molecule has 26 heavy (non-hydrogen) atoms. The van der Waals surface area contributed by atoms with Crippen LogP contribution >= 0.6 is 0 Å². The average molecular weight is 363 g/mol. The second-order valence-corrected chi connectivity index (χ2v) is 9.53. The number of hydrogen-bond acceptors (Lipinski definition) is 2. The summed E-state index contributed by atoms with van der Waals surface area (Å²) in [4.78, 5) is 0. The molecule has 2 aliphatic heterocycles. The van der Waals surface area contributed by atoms with E-state index >= 15 is 0 Å². The fourth-order valence-electron chi connectivity index (χ4n) is 5.05. The molecule has 3 aliphatic rings. The standard InChI is InChI=1S/C23H40NO2/c1-18(2)9-8-10-20-11-12-22(19(3)15-20)23-25-17-21(26-23)16-24(4)13-6-5-7-14-24/h9,11,19,21-23H,5-8,10,12-17H2,1-4H3/q+1/t19-,21+,22+,23-/m0/s1. The van der Waals surface area contributed by atoms with Crippen LogP contribution < -0.4 is 0 Å². The third-order valence-corrected chi connectivity index (χ3v) is 6.67. The fraction of sp³-hybridized carbons (Fsp3) is 0.826. The molecule has 0 N–H and O–H groups in total. The summed E-state index contributed by atoms with van der Waals surface area (Å²) in [5.41, 5.74) is 3.06. The van der Waals surface area contributed by atoms with Crippen molar-refractivity contribution in [1.29, 1.82) is 0 Å². The lowest BCUT2D eigenvalue weighted by Gasteiger charge is -2.39. The highest BCUT2D eigenvalue weighted by Gasteiger charge is 2.40. The van der Waals surface area contributed by atoms with E-state index < -0.39 is 0 Å². The van der Waals surface area contributed by atoms with E-state index in [1.165, 1.54) is 61.7 Å². The molecule has 0 aromatic carbocycles. The van der Waals surface area contributed by atoms with Gasteiger partial charge in [-0.15, -0.1) is 0 Å². The zero-order chi connectivity index (χ0) is 18.6. The molecule has 2 saturated heterocycles. The SMILES string of the molecule is CC(C)=CCCC1=CC[C@@H]([C@H]2OC[C@@H](C[N+]3(C)CCCCC3)O2)[C@@H](C)C1. The van der Waals surface area contributed by atoms with Gasteiger partial charge in [-0.05, 0) is 64.7 Å². The smallest absolute Gasteiger partial charge is 0.161 e. The van der Waals surface area contributed by atoms with Crippen LogP contribution in [0.25, 0.3) is 0 Å². The Hall–Kier alpha value is -0.640. The van der Waals surface area contributed by atoms with Crippen LogP contribution in [-0.2, 0) is 9.47 Å². The van der Waals surface area contributed by atoms with Gasteiger partial charge in [0.05, 0.1) is 26.7 Å². The van der Waals surface area contributed by atoms with Crippen molar-refractivity contribution in [3.8, 4) is 0 Å². The quantitative estimate of drug-likeness (QED) is 0.485. The summed E-state index contributed by atoms with van der Waals surface area (Å²) in [5, 5.41) is 0. The molecule has 148 valence electrons. The van der Waals surface area contributed by atoms with E-state index in [1.807, 2.05) is 0 Å². The summed E-state index contributed by atoms with van der Waals surface area (Å²) in [7, 11) is 2.40. The maximum atomic E-state index is 6.41. The van der Waals surface area contributed by atoms with Gasteiger partial charge in [0.25, 0.3) is 0 Å². The Labute approximate surface area is 161 Å². The van der Waals surface area contributed by atoms with Gasteiger partial charge >= 0.3 is 0 Å². The monoisotopic (exact) mass is 362 g/mol. The number of quaternary nitrogens is 1. The predicted octanol–water partition coefficient (Wildman–Crippen LogP) is 5.08. The Bertz CT molecular complexity index is 514. The number of ether oxygens (including phenoxy) is 2. The van der Waals surface area contributed by atoms with Crippen molar-refractivity contribution in [3.63, 3.8) is 0 Å². The first-order chi connectivity index (χ1) is 12.5. The van der Waals surface area contributed by atoms with E-state index in [0.29, 0.717) is 17.9 Å². The highest BCUT2D eigenvalue weighted by Crippen LogP contribution is 2.37. The zero-order valence-corrected chi connectivity index (χ0v) is 17.5. The highest BCUT2D eigenvalue weighted by atomic mass is 16.7. The van der Waals surface area contributed by atoms with Crippen molar-refractivity contribution in [2.24, 2.45) is 11.8 Å². The third kappa shape index (κ3) is 5.43. The number of piperidine rings is 1. The molecule has 0 aromatic rings. The van der Waals surface area contributed by atoms with Crippen LogP contribution in [0.3, 0.4) is 0 Å². The van der Waals surface area contributed by atoms with Crippen LogP contribution in [0.5, 0.6) is 0 Å². The summed E-state index contributed by atoms with van der Waals surface area (Å²) >= 11 is 0. The minimum absolute atomic E-state index is 0.0157. The highest BCUT2D eigenvalue weighted by molar-refractivity contribution is 5.10. The van der Waals surface area contributed by atoms with Gasteiger partial charge in [0.15, 0.2) is 6.29 Å². The Kier molecular flexibility index (Phi) is 6.98. The summed E-state index contributed by atoms with van der Waals surface area (Å²) in [6.07, 6.45) is 14.0. The van der Waals surface area contributed by atoms with Gasteiger partial charge in [0, 0.05) is 5.92 Å². The summed E-state index contributed by atoms with van der Waals surface area (Å²) in [6, 6.07) is 0. The Morgan fingerprint density at radius 1 is 1.23 bits per heavy atom. The lowest BCUT2D eigenvalue weighted by Crippen LogP contribution is -2.52. The van der Waals surface area contributed by atoms with Gasteiger partial charge < -0.3 is 14.0 Å². The van der Waals surface area contributed by atoms with E-state index in [9.17, 15) is 0 Å². The molecule has 3 rings (SSSR count). The van der Waals surface area contributed by atoms with Crippen molar-refractivity contribution in [1.82, 2.24) is 0 Å². The maximum absolute atomic E-state index is 6.41. The fourth-order valence-corrected chi connectivity index (χ4v) is 5.05. The van der Waals surface area contributed by atoms with Crippen LogP contribution in [0.1, 0.15) is 65.7 Å². The van der Waals surface area contributed by atoms with Crippen molar-refractivity contribution in [2.75, 3.05) is 33.3 Å². The first-order valence-electron chi connectivity index (χ1n) is 10.9. The molecule has 0 radical (unpaired) electrons. The molecular weight excluding hydrogens is 322 g/mol. The molecule has 0 amide bonds. The number of likely N-dealkylation sites (tertiary alicyclic amines) is 1. The van der Waals surface area contributed by atoms with Crippen LogP contribution in [0, 0.1) is 11.8 Å². The zero-order valence-electron chi connectivity index (χ0n) is 17.5. The van der Waals surface area contributed by atoms with Crippen molar-refractivity contribution < 1.29 is 14.0 Å². The normalized spacial score (nSPS) is 34.4. The van der Waals surface area contributed by atoms with Gasteiger partial charge in [-0.3, -0.25) is 0 Å². The Balaban J connectivity index is 1.48. The number of nitrogens with zero attached hydrogens (tertiary/aromatic N) is 1. The minimum Gasteiger partial charge on any atom is -0.349 e. The lowest BCUT2D eigenvalue weighted by molar-refractivity contribution is -0.916.